The third-order valence-corrected chi connectivity index (χ3v) is 13.6. The fourth-order valence-electron chi connectivity index (χ4n) is 10.3. The van der Waals surface area contributed by atoms with Gasteiger partial charge in [0.15, 0.2) is 0 Å². The molecule has 79 heavy (non-hydrogen) atoms. The molecule has 0 fully saturated rings. The Hall–Kier alpha value is 6.45. The average Bonchev–Trinajstić information content (AvgIpc) is 4.13. The zero-order valence-electron chi connectivity index (χ0n) is 50.3. The van der Waals surface area contributed by atoms with Crippen LogP contribution in [0.3, 0.4) is 0 Å². The van der Waals surface area contributed by atoms with Crippen molar-refractivity contribution >= 4 is 74.5 Å². The van der Waals surface area contributed by atoms with Crippen LogP contribution in [0.1, 0.15) is 115 Å². The van der Waals surface area contributed by atoms with E-state index in [4.69, 9.17) is 9.97 Å². The number of allylic oxidation sites excluding steroid dienone is 6. The van der Waals surface area contributed by atoms with E-state index in [1.807, 2.05) is 27.7 Å². The number of hydrogen-bond acceptors (Lipinski definition) is 2. The zero-order valence-corrected chi connectivity index (χ0v) is 84.4. The molecule has 8 bridgehead atoms. The molecule has 8 aliphatic heterocycles. The fraction of sp³-hybridized carbons (Fsp3) is 0.220. The van der Waals surface area contributed by atoms with Crippen LogP contribution in [0.2, 0.25) is 0 Å². The van der Waals surface area contributed by atoms with Gasteiger partial charge >= 0.3 is 5.91 Å². The van der Waals surface area contributed by atoms with Gasteiger partial charge in [0.1, 0.15) is 0 Å². The summed E-state index contributed by atoms with van der Waals surface area (Å²) in [7, 11) is 0. The van der Waals surface area contributed by atoms with Gasteiger partial charge in [0.05, 0.1) is 50.4 Å². The Bertz CT molecular complexity index is 3380. The summed E-state index contributed by atoms with van der Waals surface area (Å²) in [6, 6.07) is 17.8. The quantitative estimate of drug-likeness (QED) is 0.117. The molecule has 0 amide bonds. The number of aromatic nitrogens is 6. The molecule has 1 unspecified atom stereocenters. The van der Waals surface area contributed by atoms with Crippen LogP contribution in [0.4, 0.5) is 0 Å². The third-order valence-electron chi connectivity index (χ3n) is 13.6. The van der Waals surface area contributed by atoms with Crippen LogP contribution >= 0.6 is 0 Å². The molecule has 392 valence electrons. The van der Waals surface area contributed by atoms with Crippen molar-refractivity contribution in [2.24, 2.45) is 0 Å². The molecule has 0 saturated heterocycles. The predicted octanol–water partition coefficient (Wildman–Crippen LogP) is 13.3. The second-order valence-electron chi connectivity index (χ2n) is 16.4. The number of fused-ring (bicyclic) bond motifs is 8. The van der Waals surface area contributed by atoms with E-state index in [-0.39, 0.29) is 440 Å². The molecular formula is C59H76N8Y12-4. The van der Waals surface area contributed by atoms with Crippen molar-refractivity contribution < 1.29 is 405 Å². The summed E-state index contributed by atoms with van der Waals surface area (Å²) in [5, 5.41) is 2.62. The number of aromatic amines is 2. The molecule has 12 radical (unpaired) electrons. The summed E-state index contributed by atoms with van der Waals surface area (Å²) >= 11 is 0. The molecule has 5 aromatic rings. The molecule has 0 aromatic carbocycles. The van der Waals surface area contributed by atoms with E-state index in [0.29, 0.717) is 0 Å². The average molecular weight is 1960 g/mol. The summed E-state index contributed by atoms with van der Waals surface area (Å²) in [6.07, 6.45) is 17.6. The number of nitrogens with zero attached hydrogens (tertiary/aromatic N) is 6. The summed E-state index contributed by atoms with van der Waals surface area (Å²) in [5.74, 6) is -0.470. The maximum Gasteiger partial charge on any atom is 0.553 e. The minimum atomic E-state index is -0.470. The minimum Gasteiger partial charge on any atom is -0.358 e. The summed E-state index contributed by atoms with van der Waals surface area (Å²) in [5.41, 5.74) is 26.1. The van der Waals surface area contributed by atoms with Crippen LogP contribution in [-0.2, 0) is 398 Å². The van der Waals surface area contributed by atoms with Gasteiger partial charge in [0.25, 0.3) is 0 Å². The van der Waals surface area contributed by atoms with Crippen molar-refractivity contribution in [2.45, 2.75) is 89.0 Å². The van der Waals surface area contributed by atoms with Crippen LogP contribution in [-0.4, -0.2) is 49.6 Å². The van der Waals surface area contributed by atoms with Gasteiger partial charge in [-0.05, 0) is 150 Å². The maximum absolute atomic E-state index is 4.86. The molecule has 13 rings (SSSR count). The van der Waals surface area contributed by atoms with E-state index in [2.05, 4.69) is 181 Å². The van der Waals surface area contributed by atoms with Gasteiger partial charge in [-0.1, -0.05) is 36.8 Å². The van der Waals surface area contributed by atoms with E-state index in [9.17, 15) is 0 Å². The van der Waals surface area contributed by atoms with Gasteiger partial charge < -0.3 is 54.5 Å². The van der Waals surface area contributed by atoms with E-state index >= 15 is 0 Å². The Morgan fingerprint density at radius 2 is 0.671 bits per heavy atom. The van der Waals surface area contributed by atoms with Crippen LogP contribution in [0, 0.1) is 72.3 Å². The van der Waals surface area contributed by atoms with Crippen LogP contribution in [0.5, 0.6) is 0 Å². The molecule has 1 spiro atoms. The number of rotatable bonds is 0. The first-order valence-corrected chi connectivity index (χ1v) is 21.9. The van der Waals surface area contributed by atoms with Gasteiger partial charge in [-0.2, -0.15) is 9.13 Å². The maximum atomic E-state index is 4.86. The normalized spacial score (nSPS) is 14.4. The minimum absolute atomic E-state index is 0. The largest absolute Gasteiger partial charge is 0.553 e. The second kappa shape index (κ2) is 43.4. The summed E-state index contributed by atoms with van der Waals surface area (Å²) in [6.45, 7) is 25.5. The standard InChI is InChI=1S/C25H20N4.C24H22N4.2C2H6.6CH3.12Y.2H2/c1-13-17-5-7-19-14(2)21-9-11-23-16(4)24-12-10-22-15(3)20-8-6-18(13)27(20)25(26(17)19,28(21)23)29(22)24;1-13-17-5-7-19(25-17)14(2)21-9-11-23(27-21)16(4)24-12-10-22(28-24)15(3)20-8-6-18(13)26-20;2*1-2;;;;;;;;;;;;;;;;;;;;/h5-12H,1-4H3;5-12,25-26H,1-4H3;2*1-2H3;6*1H3;;;;;;;;;;;;;2*1H/q+2;;;;6*-1;;;;;;;;;;;;;;. The first-order chi connectivity index (χ1) is 29.6. The van der Waals surface area contributed by atoms with Crippen molar-refractivity contribution in [3.8, 4) is 0 Å². The van der Waals surface area contributed by atoms with Gasteiger partial charge in [-0.15, -0.1) is 0 Å². The molecule has 2 N–H and O–H groups in total. The van der Waals surface area contributed by atoms with Gasteiger partial charge in [0.2, 0.25) is 22.8 Å². The van der Waals surface area contributed by atoms with E-state index in [1.165, 1.54) is 72.8 Å². The topological polar surface area (TPSA) is 73.2 Å². The summed E-state index contributed by atoms with van der Waals surface area (Å²) < 4.78 is 10.3. The number of hydrogen-bond donors (Lipinski definition) is 2. The van der Waals surface area contributed by atoms with Crippen LogP contribution in [0.25, 0.3) is 63.1 Å². The van der Waals surface area contributed by atoms with Crippen molar-refractivity contribution in [2.75, 3.05) is 0 Å². The molecule has 8 nitrogen and oxygen atoms in total. The Labute approximate surface area is 781 Å². The zero-order chi connectivity index (χ0) is 42.8. The van der Waals surface area contributed by atoms with Gasteiger partial charge in [-0.3, -0.25) is 0 Å². The fourth-order valence-corrected chi connectivity index (χ4v) is 10.3. The van der Waals surface area contributed by atoms with Gasteiger partial charge in [0, 0.05) is 458 Å². The van der Waals surface area contributed by atoms with Crippen molar-refractivity contribution in [3.05, 3.63) is 201 Å². The van der Waals surface area contributed by atoms with Crippen molar-refractivity contribution in [1.82, 2.24) is 29.1 Å². The Morgan fingerprint density at radius 3 is 1.06 bits per heavy atom. The molecule has 0 saturated carbocycles. The van der Waals surface area contributed by atoms with E-state index < -0.39 is 5.91 Å². The summed E-state index contributed by atoms with van der Waals surface area (Å²) in [4.78, 5) is 16.8. The van der Waals surface area contributed by atoms with E-state index in [0.717, 1.165) is 61.5 Å². The first kappa shape index (κ1) is 104. The monoisotopic (exact) mass is 1960 g/mol. The molecule has 8 aliphatic rings. The number of H-pyrrole nitrogens is 2. The molecule has 1 atom stereocenters. The Morgan fingerprint density at radius 1 is 0.354 bits per heavy atom. The molecular weight excluding hydrogens is 1890 g/mol. The first-order valence-electron chi connectivity index (χ1n) is 21.9. The molecule has 13 heterocycles. The number of nitrogens with one attached hydrogen (secondary N) is 2. The third kappa shape index (κ3) is 17.2. The Kier molecular flexibility index (Phi) is 57.2. The van der Waals surface area contributed by atoms with E-state index in [1.54, 1.807) is 0 Å². The van der Waals surface area contributed by atoms with Crippen LogP contribution in [0.15, 0.2) is 89.8 Å². The van der Waals surface area contributed by atoms with Crippen LogP contribution < -0.4 is 10.7 Å². The molecule has 20 heteroatoms. The van der Waals surface area contributed by atoms with Crippen molar-refractivity contribution in [1.29, 1.82) is 0 Å². The predicted molar refractivity (Wildman–Crippen MR) is 296 cm³/mol. The number of aryl methyl sites for hydroxylation is 3. The second-order valence-corrected chi connectivity index (χ2v) is 16.4. The molecule has 0 aliphatic carbocycles. The SMILES string of the molecule is CC.CC.CC1=C2C=CC3=[N+]2C24n5c(ccc5C(C)=c5ccc(n52)=C3C)C(C)=C2C=CC1=[N+]24.Cc1c2nc(c(C)c3ccc([nH]3)c(C)c3ccc([nH]3)c(C)c3nc1C=C3)C=C2.[CH3-].[CH3-].[CH3-].[CH3-].[CH3-].[CH3-].[HH].[HH].[Y].[Y].[Y].[Y].[Y].[Y].[Y].[Y].[Y].[Y].[Y].[Y]. The Balaban J connectivity index is -0.000000103. The van der Waals surface area contributed by atoms with Crippen molar-refractivity contribution in [3.63, 3.8) is 0 Å². The van der Waals surface area contributed by atoms with Gasteiger partial charge in [-0.25, -0.2) is 9.97 Å². The smallest absolute Gasteiger partial charge is 0.358 e. The molecule has 5 aromatic heterocycles.